The Hall–Kier alpha value is -1.35. The summed E-state index contributed by atoms with van der Waals surface area (Å²) < 4.78 is 29.7. The van der Waals surface area contributed by atoms with Gasteiger partial charge in [-0.1, -0.05) is 12.1 Å². The maximum Gasteiger partial charge on any atom is 0.397 e. The summed E-state index contributed by atoms with van der Waals surface area (Å²) >= 11 is 0. The molecule has 1 N–H and O–H groups in total. The van der Waals surface area contributed by atoms with Crippen LogP contribution in [0.1, 0.15) is 0 Å². The van der Waals surface area contributed by atoms with Crippen LogP contribution in [0, 0.1) is 0 Å². The number of pyridine rings is 2. The Balaban J connectivity index is 0. The molecule has 0 aliphatic heterocycles. The standard InChI is InChI=1S/2C5H5N.CH4O4S.BrH/c2*1-2-4-6-5-3-1;1-5-6(2,3)4;/h2*1-5H;1H3,(H,2,3,4);1H. The topological polar surface area (TPSA) is 89.4 Å². The number of hydrogen-bond acceptors (Lipinski definition) is 5. The molecule has 19 heavy (non-hydrogen) atoms. The van der Waals surface area contributed by atoms with Crippen LogP contribution in [0.25, 0.3) is 0 Å². The first-order valence-electron chi connectivity index (χ1n) is 4.79. The van der Waals surface area contributed by atoms with E-state index < -0.39 is 10.4 Å². The molecule has 0 atom stereocenters. The monoisotopic (exact) mass is 350 g/mol. The van der Waals surface area contributed by atoms with Gasteiger partial charge in [0.1, 0.15) is 0 Å². The van der Waals surface area contributed by atoms with E-state index in [1.54, 1.807) is 24.8 Å². The summed E-state index contributed by atoms with van der Waals surface area (Å²) in [5, 5.41) is 0. The number of aromatic nitrogens is 2. The molecule has 106 valence electrons. The molecular weight excluding hydrogens is 336 g/mol. The van der Waals surface area contributed by atoms with Crippen molar-refractivity contribution in [3.8, 4) is 0 Å². The molecule has 8 heteroatoms. The van der Waals surface area contributed by atoms with Gasteiger partial charge in [0.2, 0.25) is 0 Å². The molecule has 0 radical (unpaired) electrons. The molecule has 0 unspecified atom stereocenters. The van der Waals surface area contributed by atoms with Gasteiger partial charge < -0.3 is 0 Å². The molecular formula is C11H15BrN2O4S. The van der Waals surface area contributed by atoms with Gasteiger partial charge in [0.25, 0.3) is 0 Å². The zero-order chi connectivity index (χ0) is 13.7. The Morgan fingerprint density at radius 1 is 0.842 bits per heavy atom. The Morgan fingerprint density at radius 2 is 1.11 bits per heavy atom. The average molecular weight is 351 g/mol. The minimum Gasteiger partial charge on any atom is -0.265 e. The van der Waals surface area contributed by atoms with Crippen molar-refractivity contribution < 1.29 is 17.2 Å². The molecule has 0 bridgehead atoms. The molecule has 2 aromatic rings. The number of hydrogen-bond donors (Lipinski definition) is 1. The van der Waals surface area contributed by atoms with Crippen molar-refractivity contribution in [3.05, 3.63) is 61.2 Å². The van der Waals surface area contributed by atoms with Crippen molar-refractivity contribution in [1.29, 1.82) is 0 Å². The lowest BCUT2D eigenvalue weighted by Crippen LogP contribution is -1.96. The number of halogens is 1. The molecule has 0 aliphatic rings. The highest BCUT2D eigenvalue weighted by atomic mass is 79.9. The van der Waals surface area contributed by atoms with Gasteiger partial charge in [0.05, 0.1) is 7.11 Å². The predicted octanol–water partition coefficient (Wildman–Crippen LogP) is 2.18. The molecule has 0 saturated heterocycles. The zero-order valence-corrected chi connectivity index (χ0v) is 12.7. The van der Waals surface area contributed by atoms with Gasteiger partial charge in [0.15, 0.2) is 0 Å². The first-order valence-corrected chi connectivity index (χ1v) is 6.16. The number of rotatable bonds is 1. The second-order valence-electron chi connectivity index (χ2n) is 2.64. The lowest BCUT2D eigenvalue weighted by atomic mass is 10.5. The van der Waals surface area contributed by atoms with E-state index in [4.69, 9.17) is 4.55 Å². The maximum atomic E-state index is 9.33. The fraction of sp³-hybridized carbons (Fsp3) is 0.0909. The largest absolute Gasteiger partial charge is 0.397 e. The van der Waals surface area contributed by atoms with Crippen LogP contribution in [-0.2, 0) is 14.6 Å². The van der Waals surface area contributed by atoms with Crippen molar-refractivity contribution in [2.45, 2.75) is 0 Å². The van der Waals surface area contributed by atoms with E-state index in [-0.39, 0.29) is 17.0 Å². The molecule has 2 heterocycles. The zero-order valence-electron chi connectivity index (χ0n) is 10.2. The van der Waals surface area contributed by atoms with E-state index in [2.05, 4.69) is 14.2 Å². The van der Waals surface area contributed by atoms with Gasteiger partial charge in [-0.3, -0.25) is 18.7 Å². The highest BCUT2D eigenvalue weighted by molar-refractivity contribution is 8.93. The highest BCUT2D eigenvalue weighted by Crippen LogP contribution is 1.75. The van der Waals surface area contributed by atoms with E-state index in [1.807, 2.05) is 36.4 Å². The van der Waals surface area contributed by atoms with Gasteiger partial charge in [-0.15, -0.1) is 17.0 Å². The van der Waals surface area contributed by atoms with Crippen LogP contribution in [-0.4, -0.2) is 30.0 Å². The second kappa shape index (κ2) is 13.1. The predicted molar refractivity (Wildman–Crippen MR) is 77.4 cm³/mol. The van der Waals surface area contributed by atoms with Gasteiger partial charge >= 0.3 is 10.4 Å². The highest BCUT2D eigenvalue weighted by Gasteiger charge is 1.94. The summed E-state index contributed by atoms with van der Waals surface area (Å²) in [4.78, 5) is 7.57. The van der Waals surface area contributed by atoms with Crippen molar-refractivity contribution in [2.24, 2.45) is 0 Å². The average Bonchev–Trinajstić information content (AvgIpc) is 2.43. The van der Waals surface area contributed by atoms with Crippen molar-refractivity contribution in [2.75, 3.05) is 7.11 Å². The van der Waals surface area contributed by atoms with Crippen molar-refractivity contribution >= 4 is 27.4 Å². The molecule has 6 nitrogen and oxygen atoms in total. The summed E-state index contributed by atoms with van der Waals surface area (Å²) in [5.41, 5.74) is 0. The van der Waals surface area contributed by atoms with Crippen LogP contribution in [0.3, 0.4) is 0 Å². The van der Waals surface area contributed by atoms with Gasteiger partial charge in [-0.2, -0.15) is 8.42 Å². The third kappa shape index (κ3) is 19.2. The third-order valence-corrected chi connectivity index (χ3v) is 1.76. The van der Waals surface area contributed by atoms with Crippen molar-refractivity contribution in [1.82, 2.24) is 9.97 Å². The summed E-state index contributed by atoms with van der Waals surface area (Å²) in [6.45, 7) is 0. The molecule has 0 fully saturated rings. The summed E-state index contributed by atoms with van der Waals surface area (Å²) in [6, 6.07) is 11.4. The Bertz CT molecular complexity index is 398. The smallest absolute Gasteiger partial charge is 0.265 e. The quantitative estimate of drug-likeness (QED) is 0.792. The SMILES string of the molecule is Br.COS(=O)(=O)O.c1ccncc1.c1ccncc1. The summed E-state index contributed by atoms with van der Waals surface area (Å²) in [5.74, 6) is 0. The van der Waals surface area contributed by atoms with Crippen LogP contribution in [0.2, 0.25) is 0 Å². The maximum absolute atomic E-state index is 9.33. The van der Waals surface area contributed by atoms with E-state index in [9.17, 15) is 8.42 Å². The van der Waals surface area contributed by atoms with Gasteiger partial charge in [0, 0.05) is 24.8 Å². The Labute approximate surface area is 123 Å². The minimum absolute atomic E-state index is 0. The molecule has 0 amide bonds. The molecule has 0 aliphatic carbocycles. The second-order valence-corrected chi connectivity index (χ2v) is 3.83. The first-order chi connectivity index (χ1) is 8.56. The normalized spacial score (nSPS) is 8.74. The van der Waals surface area contributed by atoms with Gasteiger partial charge in [-0.25, -0.2) is 0 Å². The molecule has 0 spiro atoms. The fourth-order valence-corrected chi connectivity index (χ4v) is 0.625. The first kappa shape index (κ1) is 20.0. The Morgan fingerprint density at radius 3 is 1.16 bits per heavy atom. The third-order valence-electron chi connectivity index (χ3n) is 1.34. The molecule has 0 saturated carbocycles. The van der Waals surface area contributed by atoms with Crippen LogP contribution < -0.4 is 0 Å². The summed E-state index contributed by atoms with van der Waals surface area (Å²) in [7, 11) is -3.29. The van der Waals surface area contributed by atoms with E-state index in [0.29, 0.717) is 0 Å². The van der Waals surface area contributed by atoms with Crippen LogP contribution in [0.15, 0.2) is 61.2 Å². The fourth-order valence-electron chi connectivity index (χ4n) is 0.625. The van der Waals surface area contributed by atoms with E-state index in [1.165, 1.54) is 0 Å². The minimum atomic E-state index is -4.16. The van der Waals surface area contributed by atoms with Crippen LogP contribution in [0.4, 0.5) is 0 Å². The van der Waals surface area contributed by atoms with Crippen molar-refractivity contribution in [3.63, 3.8) is 0 Å². The summed E-state index contributed by atoms with van der Waals surface area (Å²) in [6.07, 6.45) is 7.00. The Kier molecular flexibility index (Phi) is 13.8. The number of nitrogens with zero attached hydrogens (tertiary/aromatic N) is 2. The molecule has 2 rings (SSSR count). The lowest BCUT2D eigenvalue weighted by molar-refractivity contribution is 0.324. The molecule has 2 aromatic heterocycles. The lowest BCUT2D eigenvalue weighted by Gasteiger charge is -1.82. The van der Waals surface area contributed by atoms with E-state index in [0.717, 1.165) is 7.11 Å². The van der Waals surface area contributed by atoms with E-state index >= 15 is 0 Å². The molecule has 0 aromatic carbocycles. The van der Waals surface area contributed by atoms with Crippen LogP contribution in [0.5, 0.6) is 0 Å². The van der Waals surface area contributed by atoms with Crippen LogP contribution >= 0.6 is 17.0 Å². The van der Waals surface area contributed by atoms with Gasteiger partial charge in [-0.05, 0) is 24.3 Å².